The van der Waals surface area contributed by atoms with Crippen molar-refractivity contribution in [1.29, 1.82) is 0 Å². The van der Waals surface area contributed by atoms with E-state index in [0.29, 0.717) is 5.56 Å². The Morgan fingerprint density at radius 2 is 1.85 bits per heavy atom. The van der Waals surface area contributed by atoms with Crippen molar-refractivity contribution in [2.75, 3.05) is 0 Å². The summed E-state index contributed by atoms with van der Waals surface area (Å²) < 4.78 is 38.2. The highest BCUT2D eigenvalue weighted by molar-refractivity contribution is 9.09. The molecule has 0 saturated heterocycles. The van der Waals surface area contributed by atoms with Crippen LogP contribution in [0, 0.1) is 0 Å². The standard InChI is InChI=1S/C15H13BrF3N/c1-10(13-7-2-3-8-20-13)14(16)11-5-4-6-12(9-11)15(17,18)19/h2-10,14H,1H3. The van der Waals surface area contributed by atoms with Gasteiger partial charge in [-0.05, 0) is 23.8 Å². The van der Waals surface area contributed by atoms with Crippen LogP contribution in [0.2, 0.25) is 0 Å². The summed E-state index contributed by atoms with van der Waals surface area (Å²) in [4.78, 5) is 4.02. The predicted molar refractivity (Wildman–Crippen MR) is 75.8 cm³/mol. The van der Waals surface area contributed by atoms with Crippen LogP contribution in [-0.4, -0.2) is 4.98 Å². The molecule has 2 unspecified atom stereocenters. The van der Waals surface area contributed by atoms with Gasteiger partial charge in [0.1, 0.15) is 0 Å². The van der Waals surface area contributed by atoms with Gasteiger partial charge in [-0.1, -0.05) is 47.1 Å². The summed E-state index contributed by atoms with van der Waals surface area (Å²) in [6, 6.07) is 10.9. The van der Waals surface area contributed by atoms with Gasteiger partial charge < -0.3 is 0 Å². The molecule has 5 heteroatoms. The Kier molecular flexibility index (Phi) is 4.48. The zero-order valence-electron chi connectivity index (χ0n) is 10.7. The van der Waals surface area contributed by atoms with Crippen molar-refractivity contribution in [3.05, 3.63) is 65.5 Å². The third-order valence-corrected chi connectivity index (χ3v) is 4.45. The summed E-state index contributed by atoms with van der Waals surface area (Å²) in [6.07, 6.45) is -2.64. The van der Waals surface area contributed by atoms with Crippen LogP contribution in [0.5, 0.6) is 0 Å². The maximum absolute atomic E-state index is 12.7. The Balaban J connectivity index is 2.27. The third-order valence-electron chi connectivity index (χ3n) is 3.13. The van der Waals surface area contributed by atoms with Crippen LogP contribution in [0.4, 0.5) is 13.2 Å². The highest BCUT2D eigenvalue weighted by Gasteiger charge is 2.31. The molecule has 0 spiro atoms. The number of rotatable bonds is 3. The van der Waals surface area contributed by atoms with E-state index in [2.05, 4.69) is 20.9 Å². The average Bonchev–Trinajstić information content (AvgIpc) is 2.46. The quantitative estimate of drug-likeness (QED) is 0.685. The Labute approximate surface area is 124 Å². The first kappa shape index (κ1) is 15.0. The molecule has 106 valence electrons. The zero-order chi connectivity index (χ0) is 14.8. The Hall–Kier alpha value is -1.36. The van der Waals surface area contributed by atoms with Crippen LogP contribution in [-0.2, 0) is 6.18 Å². The SMILES string of the molecule is CC(c1ccccn1)C(Br)c1cccc(C(F)(F)F)c1. The number of hydrogen-bond donors (Lipinski definition) is 0. The third kappa shape index (κ3) is 3.39. The van der Waals surface area contributed by atoms with E-state index in [1.807, 2.05) is 25.1 Å². The van der Waals surface area contributed by atoms with E-state index in [1.54, 1.807) is 12.3 Å². The summed E-state index contributed by atoms with van der Waals surface area (Å²) in [5.74, 6) is -0.0281. The molecule has 0 N–H and O–H groups in total. The zero-order valence-corrected chi connectivity index (χ0v) is 12.3. The number of aromatic nitrogens is 1. The van der Waals surface area contributed by atoms with Crippen molar-refractivity contribution in [2.45, 2.75) is 23.8 Å². The van der Waals surface area contributed by atoms with E-state index in [-0.39, 0.29) is 10.7 Å². The molecule has 2 atom stereocenters. The Morgan fingerprint density at radius 1 is 1.10 bits per heavy atom. The van der Waals surface area contributed by atoms with Gasteiger partial charge in [-0.2, -0.15) is 13.2 Å². The fourth-order valence-electron chi connectivity index (χ4n) is 1.97. The lowest BCUT2D eigenvalue weighted by molar-refractivity contribution is -0.137. The van der Waals surface area contributed by atoms with E-state index in [1.165, 1.54) is 12.1 Å². The van der Waals surface area contributed by atoms with Gasteiger partial charge in [0.2, 0.25) is 0 Å². The van der Waals surface area contributed by atoms with Crippen LogP contribution < -0.4 is 0 Å². The second-order valence-electron chi connectivity index (χ2n) is 4.57. The van der Waals surface area contributed by atoms with Crippen molar-refractivity contribution in [3.63, 3.8) is 0 Å². The molecule has 0 aliphatic carbocycles. The topological polar surface area (TPSA) is 12.9 Å². The summed E-state index contributed by atoms with van der Waals surface area (Å²) in [6.45, 7) is 1.93. The fraction of sp³-hybridized carbons (Fsp3) is 0.267. The molecule has 0 saturated carbocycles. The van der Waals surface area contributed by atoms with Crippen LogP contribution in [0.15, 0.2) is 48.7 Å². The number of halogens is 4. The number of nitrogens with zero attached hydrogens (tertiary/aromatic N) is 1. The summed E-state index contributed by atoms with van der Waals surface area (Å²) in [5.41, 5.74) is 0.803. The number of alkyl halides is 4. The maximum Gasteiger partial charge on any atom is 0.416 e. The molecule has 0 fully saturated rings. The van der Waals surface area contributed by atoms with Gasteiger partial charge in [-0.15, -0.1) is 0 Å². The Bertz CT molecular complexity index is 569. The first-order valence-corrected chi connectivity index (χ1v) is 7.03. The number of hydrogen-bond acceptors (Lipinski definition) is 1. The molecule has 1 nitrogen and oxygen atoms in total. The van der Waals surface area contributed by atoms with Gasteiger partial charge in [-0.25, -0.2) is 0 Å². The largest absolute Gasteiger partial charge is 0.416 e. The molecule has 1 heterocycles. The van der Waals surface area contributed by atoms with Crippen molar-refractivity contribution in [3.8, 4) is 0 Å². The van der Waals surface area contributed by atoms with Crippen LogP contribution >= 0.6 is 15.9 Å². The van der Waals surface area contributed by atoms with Crippen molar-refractivity contribution < 1.29 is 13.2 Å². The highest BCUT2D eigenvalue weighted by Crippen LogP contribution is 2.39. The average molecular weight is 344 g/mol. The molecule has 0 radical (unpaired) electrons. The molecule has 1 aromatic heterocycles. The smallest absolute Gasteiger partial charge is 0.261 e. The van der Waals surface area contributed by atoms with Crippen LogP contribution in [0.1, 0.15) is 34.5 Å². The molecule has 2 aromatic rings. The van der Waals surface area contributed by atoms with E-state index >= 15 is 0 Å². The molecule has 0 aliphatic rings. The van der Waals surface area contributed by atoms with Gasteiger partial charge >= 0.3 is 6.18 Å². The molecule has 0 bridgehead atoms. The molecule has 1 aromatic carbocycles. The van der Waals surface area contributed by atoms with E-state index in [9.17, 15) is 13.2 Å². The molecule has 0 aliphatic heterocycles. The maximum atomic E-state index is 12.7. The second kappa shape index (κ2) is 5.95. The van der Waals surface area contributed by atoms with Gasteiger partial charge in [-0.3, -0.25) is 4.98 Å². The molecular weight excluding hydrogens is 331 g/mol. The number of pyridine rings is 1. The van der Waals surface area contributed by atoms with Crippen molar-refractivity contribution in [2.24, 2.45) is 0 Å². The van der Waals surface area contributed by atoms with Crippen LogP contribution in [0.3, 0.4) is 0 Å². The molecule has 20 heavy (non-hydrogen) atoms. The van der Waals surface area contributed by atoms with E-state index < -0.39 is 11.7 Å². The lowest BCUT2D eigenvalue weighted by Crippen LogP contribution is -2.08. The first-order valence-electron chi connectivity index (χ1n) is 6.12. The normalized spacial score (nSPS) is 14.8. The van der Waals surface area contributed by atoms with Gasteiger partial charge in [0.25, 0.3) is 0 Å². The van der Waals surface area contributed by atoms with Crippen molar-refractivity contribution >= 4 is 15.9 Å². The minimum Gasteiger partial charge on any atom is -0.261 e. The van der Waals surface area contributed by atoms with Gasteiger partial charge in [0, 0.05) is 22.6 Å². The van der Waals surface area contributed by atoms with Crippen molar-refractivity contribution in [1.82, 2.24) is 4.98 Å². The minimum absolute atomic E-state index is 0.0281. The fourth-order valence-corrected chi connectivity index (χ4v) is 2.53. The predicted octanol–water partition coefficient (Wildman–Crippen LogP) is 5.34. The minimum atomic E-state index is -4.32. The Morgan fingerprint density at radius 3 is 2.45 bits per heavy atom. The lowest BCUT2D eigenvalue weighted by Gasteiger charge is -2.19. The first-order chi connectivity index (χ1) is 9.39. The molecule has 0 amide bonds. The summed E-state index contributed by atoms with van der Waals surface area (Å²) in [5, 5.41) is 0. The lowest BCUT2D eigenvalue weighted by atomic mass is 9.96. The van der Waals surface area contributed by atoms with Gasteiger partial charge in [0.15, 0.2) is 0 Å². The highest BCUT2D eigenvalue weighted by atomic mass is 79.9. The van der Waals surface area contributed by atoms with E-state index in [0.717, 1.165) is 11.8 Å². The number of benzene rings is 1. The summed E-state index contributed by atoms with van der Waals surface area (Å²) in [7, 11) is 0. The molecule has 2 rings (SSSR count). The van der Waals surface area contributed by atoms with E-state index in [4.69, 9.17) is 0 Å². The molecular formula is C15H13BrF3N. The monoisotopic (exact) mass is 343 g/mol. The second-order valence-corrected chi connectivity index (χ2v) is 5.55. The van der Waals surface area contributed by atoms with Gasteiger partial charge in [0.05, 0.1) is 5.56 Å². The van der Waals surface area contributed by atoms with Crippen LogP contribution in [0.25, 0.3) is 0 Å². The summed E-state index contributed by atoms with van der Waals surface area (Å²) >= 11 is 3.48.